The molecule has 2 heterocycles. The molecule has 0 aromatic heterocycles. The second kappa shape index (κ2) is 17.0. The number of ether oxygens (including phenoxy) is 2. The van der Waals surface area contributed by atoms with Crippen molar-refractivity contribution in [2.75, 3.05) is 39.6 Å². The van der Waals surface area contributed by atoms with Gasteiger partial charge in [0, 0.05) is 51.0 Å². The molecule has 0 radical (unpaired) electrons. The van der Waals surface area contributed by atoms with Gasteiger partial charge in [-0.25, -0.2) is 9.59 Å². The topological polar surface area (TPSA) is 114 Å². The van der Waals surface area contributed by atoms with Gasteiger partial charge in [0.05, 0.1) is 54.3 Å². The summed E-state index contributed by atoms with van der Waals surface area (Å²) in [6.45, 7) is 2.18. The van der Waals surface area contributed by atoms with E-state index in [1.54, 1.807) is 47.4 Å². The monoisotopic (exact) mass is 715 g/mol. The number of carbonyl (C=O) groups is 3. The fourth-order valence-corrected chi connectivity index (χ4v) is 8.68. The van der Waals surface area contributed by atoms with Gasteiger partial charge in [-0.3, -0.25) is 9.00 Å². The van der Waals surface area contributed by atoms with E-state index in [0.717, 1.165) is 25.3 Å². The Bertz CT molecular complexity index is 1560. The number of benzene rings is 2. The second-order valence-corrected chi connectivity index (χ2v) is 14.8. The van der Waals surface area contributed by atoms with E-state index >= 15 is 0 Å². The van der Waals surface area contributed by atoms with E-state index in [1.165, 1.54) is 46.3 Å². The average Bonchev–Trinajstić information content (AvgIpc) is 3.11. The summed E-state index contributed by atoms with van der Waals surface area (Å²) in [5.41, 5.74) is 0.780. The molecule has 0 spiro atoms. The van der Waals surface area contributed by atoms with Crippen LogP contribution in [0.15, 0.2) is 76.0 Å². The Morgan fingerprint density at radius 1 is 0.854 bits per heavy atom. The predicted octanol–water partition coefficient (Wildman–Crippen LogP) is 5.89. The standard InChI is InChI=1S/C36H43Cl2N3O6S/c1-46-35(43)32-28(20-30(42)41-18-16-24(17-19-41)39-21-23-10-5-3-6-11-23)40-29(22-48(45)25-12-7-4-8-13-25)33(36(44)47-2)34(32)31-26(37)14-9-15-27(31)38/h4,7-9,12-15,23-24,34,39-40H,3,5-6,10-11,16-22H2,1-2H3/t34-,48-/m0/s1. The molecule has 2 atom stereocenters. The number of rotatable bonds is 11. The van der Waals surface area contributed by atoms with E-state index in [1.807, 2.05) is 6.07 Å². The van der Waals surface area contributed by atoms with Crippen LogP contribution in [-0.2, 0) is 34.7 Å². The summed E-state index contributed by atoms with van der Waals surface area (Å²) >= 11 is 13.4. The molecule has 9 nitrogen and oxygen atoms in total. The Kier molecular flexibility index (Phi) is 12.8. The number of carbonyl (C=O) groups excluding carboxylic acids is 3. The zero-order chi connectivity index (χ0) is 34.2. The number of likely N-dealkylation sites (tertiary alicyclic amines) is 1. The molecule has 12 heteroatoms. The van der Waals surface area contributed by atoms with Gasteiger partial charge in [0.15, 0.2) is 0 Å². The van der Waals surface area contributed by atoms with Gasteiger partial charge in [-0.1, -0.05) is 66.7 Å². The molecule has 258 valence electrons. The van der Waals surface area contributed by atoms with Gasteiger partial charge in [-0.05, 0) is 62.4 Å². The molecule has 2 aromatic rings. The summed E-state index contributed by atoms with van der Waals surface area (Å²) in [6.07, 6.45) is 7.99. The second-order valence-electron chi connectivity index (χ2n) is 12.5. The summed E-state index contributed by atoms with van der Waals surface area (Å²) in [5.74, 6) is -2.27. The molecule has 0 bridgehead atoms. The van der Waals surface area contributed by atoms with E-state index in [9.17, 15) is 18.6 Å². The van der Waals surface area contributed by atoms with Gasteiger partial charge >= 0.3 is 11.9 Å². The van der Waals surface area contributed by atoms with Gasteiger partial charge in [-0.2, -0.15) is 0 Å². The number of nitrogens with one attached hydrogen (secondary N) is 2. The average molecular weight is 717 g/mol. The summed E-state index contributed by atoms with van der Waals surface area (Å²) in [7, 11) is 0.850. The van der Waals surface area contributed by atoms with Crippen molar-refractivity contribution >= 4 is 51.8 Å². The zero-order valence-electron chi connectivity index (χ0n) is 27.4. The van der Waals surface area contributed by atoms with E-state index in [4.69, 9.17) is 32.7 Å². The number of amides is 1. The third-order valence-corrected chi connectivity index (χ3v) is 11.5. The molecule has 5 rings (SSSR count). The number of methoxy groups -OCH3 is 2. The molecule has 2 aromatic carbocycles. The van der Waals surface area contributed by atoms with Crippen molar-refractivity contribution < 1.29 is 28.1 Å². The van der Waals surface area contributed by atoms with Crippen LogP contribution in [0.25, 0.3) is 0 Å². The number of hydrogen-bond donors (Lipinski definition) is 2. The number of nitrogens with zero attached hydrogens (tertiary/aromatic N) is 1. The van der Waals surface area contributed by atoms with Crippen molar-refractivity contribution in [1.82, 2.24) is 15.5 Å². The summed E-state index contributed by atoms with van der Waals surface area (Å²) < 4.78 is 24.1. The van der Waals surface area contributed by atoms with Crippen molar-refractivity contribution in [3.63, 3.8) is 0 Å². The SMILES string of the molecule is COC(=O)C1=C(CC(=O)N2CCC(NCC3CCCCC3)CC2)NC(C[S@](=O)c2ccccc2)=C(C(=O)OC)[C@H]1c1c(Cl)cccc1Cl. The van der Waals surface area contributed by atoms with Gasteiger partial charge in [0.1, 0.15) is 0 Å². The lowest BCUT2D eigenvalue weighted by atomic mass is 9.79. The van der Waals surface area contributed by atoms with Crippen LogP contribution in [0.5, 0.6) is 0 Å². The maximum Gasteiger partial charge on any atom is 0.336 e. The van der Waals surface area contributed by atoms with Crippen molar-refractivity contribution in [3.05, 3.63) is 86.7 Å². The highest BCUT2D eigenvalue weighted by Crippen LogP contribution is 2.45. The third kappa shape index (κ3) is 8.51. The molecule has 2 N–H and O–H groups in total. The van der Waals surface area contributed by atoms with Crippen LogP contribution in [0.4, 0.5) is 0 Å². The highest BCUT2D eigenvalue weighted by atomic mass is 35.5. The van der Waals surface area contributed by atoms with Gasteiger partial charge in [0.2, 0.25) is 5.91 Å². The van der Waals surface area contributed by atoms with Gasteiger partial charge < -0.3 is 25.0 Å². The Morgan fingerprint density at radius 2 is 1.46 bits per heavy atom. The molecule has 3 aliphatic rings. The molecule has 0 unspecified atom stereocenters. The van der Waals surface area contributed by atoms with Crippen LogP contribution in [-0.4, -0.2) is 72.6 Å². The third-order valence-electron chi connectivity index (χ3n) is 9.51. The quantitative estimate of drug-likeness (QED) is 0.277. The molecule has 48 heavy (non-hydrogen) atoms. The first-order chi connectivity index (χ1) is 23.2. The summed E-state index contributed by atoms with van der Waals surface area (Å²) in [5, 5.41) is 7.31. The largest absolute Gasteiger partial charge is 0.466 e. The minimum Gasteiger partial charge on any atom is -0.466 e. The number of piperidine rings is 1. The van der Waals surface area contributed by atoms with Crippen LogP contribution < -0.4 is 10.6 Å². The molecule has 2 aliphatic heterocycles. The van der Waals surface area contributed by atoms with E-state index < -0.39 is 28.7 Å². The van der Waals surface area contributed by atoms with Crippen LogP contribution in [0.1, 0.15) is 62.8 Å². The molecular formula is C36H43Cl2N3O6S. The molecule has 1 amide bonds. The van der Waals surface area contributed by atoms with Crippen molar-refractivity contribution in [1.29, 1.82) is 0 Å². The van der Waals surface area contributed by atoms with Crippen molar-refractivity contribution in [3.8, 4) is 0 Å². The molecule has 1 aliphatic carbocycles. The normalized spacial score (nSPS) is 19.9. The number of esters is 2. The Balaban J connectivity index is 1.46. The smallest absolute Gasteiger partial charge is 0.336 e. The molecular weight excluding hydrogens is 673 g/mol. The lowest BCUT2D eigenvalue weighted by Crippen LogP contribution is -2.46. The van der Waals surface area contributed by atoms with Crippen LogP contribution in [0.2, 0.25) is 10.0 Å². The van der Waals surface area contributed by atoms with Crippen LogP contribution in [0, 0.1) is 5.92 Å². The van der Waals surface area contributed by atoms with Crippen LogP contribution >= 0.6 is 23.2 Å². The number of halogens is 2. The number of hydrogen-bond acceptors (Lipinski definition) is 8. The first-order valence-corrected chi connectivity index (χ1v) is 18.6. The lowest BCUT2D eigenvalue weighted by Gasteiger charge is -2.36. The Hall–Kier alpha value is -3.18. The predicted molar refractivity (Wildman–Crippen MR) is 187 cm³/mol. The first kappa shape index (κ1) is 36.1. The minimum atomic E-state index is -1.60. The summed E-state index contributed by atoms with van der Waals surface area (Å²) in [4.78, 5) is 43.4. The Labute approximate surface area is 294 Å². The highest BCUT2D eigenvalue weighted by Gasteiger charge is 2.42. The van der Waals surface area contributed by atoms with Gasteiger partial charge in [-0.15, -0.1) is 0 Å². The molecule has 1 saturated heterocycles. The van der Waals surface area contributed by atoms with Gasteiger partial charge in [0.25, 0.3) is 0 Å². The Morgan fingerprint density at radius 3 is 2.06 bits per heavy atom. The van der Waals surface area contributed by atoms with E-state index in [-0.39, 0.29) is 56.2 Å². The van der Waals surface area contributed by atoms with E-state index in [2.05, 4.69) is 10.6 Å². The summed E-state index contributed by atoms with van der Waals surface area (Å²) in [6, 6.07) is 14.0. The van der Waals surface area contributed by atoms with Crippen molar-refractivity contribution in [2.45, 2.75) is 68.2 Å². The molecule has 1 saturated carbocycles. The maximum atomic E-state index is 13.9. The minimum absolute atomic E-state index is 0.0123. The lowest BCUT2D eigenvalue weighted by molar-refractivity contribution is -0.137. The fraction of sp³-hybridized carbons (Fsp3) is 0.472. The highest BCUT2D eigenvalue weighted by molar-refractivity contribution is 7.85. The number of dihydropyridines is 1. The molecule has 2 fully saturated rings. The zero-order valence-corrected chi connectivity index (χ0v) is 29.7. The van der Waals surface area contributed by atoms with Crippen LogP contribution in [0.3, 0.4) is 0 Å². The van der Waals surface area contributed by atoms with E-state index in [0.29, 0.717) is 24.0 Å². The first-order valence-electron chi connectivity index (χ1n) is 16.5. The van der Waals surface area contributed by atoms with Crippen molar-refractivity contribution in [2.24, 2.45) is 5.92 Å². The maximum absolute atomic E-state index is 13.9. The fourth-order valence-electron chi connectivity index (χ4n) is 6.95.